The number of aryl methyl sites for hydroxylation is 1. The van der Waals surface area contributed by atoms with Gasteiger partial charge in [0, 0.05) is 12.1 Å². The second-order valence-electron chi connectivity index (χ2n) is 4.31. The summed E-state index contributed by atoms with van der Waals surface area (Å²) in [5.74, 6) is 0.683. The highest BCUT2D eigenvalue weighted by molar-refractivity contribution is 5.57. The van der Waals surface area contributed by atoms with Crippen molar-refractivity contribution in [1.82, 2.24) is 9.61 Å². The lowest BCUT2D eigenvalue weighted by molar-refractivity contribution is 0.281. The molecule has 0 aromatic carbocycles. The Morgan fingerprint density at radius 2 is 2.27 bits per heavy atom. The number of rotatable bonds is 2. The van der Waals surface area contributed by atoms with Gasteiger partial charge in [0.15, 0.2) is 0 Å². The number of aliphatic hydroxyl groups excluding tert-OH is 1. The summed E-state index contributed by atoms with van der Waals surface area (Å²) in [6.07, 6.45) is 4.46. The molecule has 2 heterocycles. The Balaban J connectivity index is 2.20. The average Bonchev–Trinajstić information content (AvgIpc) is 3.04. The van der Waals surface area contributed by atoms with Crippen LogP contribution >= 0.6 is 0 Å². The molecule has 0 aliphatic heterocycles. The van der Waals surface area contributed by atoms with Gasteiger partial charge in [-0.15, -0.1) is 0 Å². The maximum atomic E-state index is 9.05. The highest BCUT2D eigenvalue weighted by atomic mass is 16.3. The fourth-order valence-corrected chi connectivity index (χ4v) is 2.07. The van der Waals surface area contributed by atoms with Gasteiger partial charge in [-0.05, 0) is 37.0 Å². The van der Waals surface area contributed by atoms with E-state index >= 15 is 0 Å². The quantitative estimate of drug-likeness (QED) is 0.808. The third-order valence-corrected chi connectivity index (χ3v) is 3.12. The molecule has 0 radical (unpaired) electrons. The summed E-state index contributed by atoms with van der Waals surface area (Å²) in [6.45, 7) is 2.21. The van der Waals surface area contributed by atoms with Gasteiger partial charge in [0.25, 0.3) is 0 Å². The van der Waals surface area contributed by atoms with E-state index in [-0.39, 0.29) is 6.61 Å². The van der Waals surface area contributed by atoms with Crippen LogP contribution < -0.4 is 0 Å². The zero-order valence-corrected chi connectivity index (χ0v) is 8.77. The highest BCUT2D eigenvalue weighted by Crippen LogP contribution is 2.41. The van der Waals surface area contributed by atoms with E-state index in [1.54, 1.807) is 0 Å². The minimum Gasteiger partial charge on any atom is -0.392 e. The van der Waals surface area contributed by atoms with E-state index < -0.39 is 0 Å². The van der Waals surface area contributed by atoms with Gasteiger partial charge in [-0.3, -0.25) is 0 Å². The van der Waals surface area contributed by atoms with Gasteiger partial charge in [0.1, 0.15) is 0 Å². The fraction of sp³-hybridized carbons (Fsp3) is 0.417. The molecule has 3 rings (SSSR count). The van der Waals surface area contributed by atoms with E-state index in [1.807, 2.05) is 22.8 Å². The second kappa shape index (κ2) is 3.07. The third-order valence-electron chi connectivity index (χ3n) is 3.12. The van der Waals surface area contributed by atoms with Crippen molar-refractivity contribution in [3.63, 3.8) is 0 Å². The standard InChI is InChI=1S/C12H14N2O/c1-8-11-5-2-9(7-15)6-14(11)13-12(8)10-3-4-10/h2,5-6,10,15H,3-4,7H2,1H3. The van der Waals surface area contributed by atoms with Crippen molar-refractivity contribution < 1.29 is 5.11 Å². The Morgan fingerprint density at radius 3 is 2.93 bits per heavy atom. The summed E-state index contributed by atoms with van der Waals surface area (Å²) in [6, 6.07) is 4.00. The highest BCUT2D eigenvalue weighted by Gasteiger charge is 2.28. The van der Waals surface area contributed by atoms with Crippen LogP contribution in [0.1, 0.15) is 35.6 Å². The molecule has 1 saturated carbocycles. The topological polar surface area (TPSA) is 37.5 Å². The molecule has 0 saturated heterocycles. The summed E-state index contributed by atoms with van der Waals surface area (Å²) < 4.78 is 1.90. The predicted octanol–water partition coefficient (Wildman–Crippen LogP) is 2.01. The lowest BCUT2D eigenvalue weighted by atomic mass is 10.1. The van der Waals surface area contributed by atoms with E-state index in [9.17, 15) is 0 Å². The maximum absolute atomic E-state index is 9.05. The Bertz CT molecular complexity index is 512. The van der Waals surface area contributed by atoms with Crippen LogP contribution in [-0.2, 0) is 6.61 Å². The Morgan fingerprint density at radius 1 is 1.47 bits per heavy atom. The van der Waals surface area contributed by atoms with Gasteiger partial charge >= 0.3 is 0 Å². The van der Waals surface area contributed by atoms with Crippen molar-refractivity contribution in [3.05, 3.63) is 35.2 Å². The van der Waals surface area contributed by atoms with Gasteiger partial charge in [0.05, 0.1) is 17.8 Å². The number of fused-ring (bicyclic) bond motifs is 1. The van der Waals surface area contributed by atoms with Crippen LogP contribution in [0.15, 0.2) is 18.3 Å². The average molecular weight is 202 g/mol. The van der Waals surface area contributed by atoms with Crippen LogP contribution in [0.5, 0.6) is 0 Å². The molecule has 2 aromatic heterocycles. The molecule has 3 nitrogen and oxygen atoms in total. The van der Waals surface area contributed by atoms with Gasteiger partial charge < -0.3 is 5.11 Å². The van der Waals surface area contributed by atoms with Crippen molar-refractivity contribution in [2.75, 3.05) is 0 Å². The lowest BCUT2D eigenvalue weighted by Crippen LogP contribution is -1.91. The molecule has 1 aliphatic carbocycles. The number of aromatic nitrogens is 2. The number of aliphatic hydroxyl groups is 1. The molecule has 15 heavy (non-hydrogen) atoms. The summed E-state index contributed by atoms with van der Waals surface area (Å²) in [5, 5.41) is 13.6. The van der Waals surface area contributed by atoms with Crippen LogP contribution in [-0.4, -0.2) is 14.7 Å². The molecule has 0 amide bonds. The van der Waals surface area contributed by atoms with E-state index in [2.05, 4.69) is 12.0 Å². The summed E-state index contributed by atoms with van der Waals surface area (Å²) in [5.41, 5.74) is 4.61. The maximum Gasteiger partial charge on any atom is 0.0696 e. The van der Waals surface area contributed by atoms with E-state index in [1.165, 1.54) is 24.1 Å². The summed E-state index contributed by atoms with van der Waals surface area (Å²) >= 11 is 0. The molecular weight excluding hydrogens is 188 g/mol. The van der Waals surface area contributed by atoms with Crippen LogP contribution in [0.3, 0.4) is 0 Å². The van der Waals surface area contributed by atoms with Crippen molar-refractivity contribution in [1.29, 1.82) is 0 Å². The van der Waals surface area contributed by atoms with E-state index in [0.29, 0.717) is 5.92 Å². The normalized spacial score (nSPS) is 16.1. The van der Waals surface area contributed by atoms with Gasteiger partial charge in [-0.25, -0.2) is 4.52 Å². The zero-order chi connectivity index (χ0) is 10.4. The molecule has 1 aliphatic rings. The third kappa shape index (κ3) is 1.35. The number of pyridine rings is 1. The smallest absolute Gasteiger partial charge is 0.0696 e. The van der Waals surface area contributed by atoms with Crippen molar-refractivity contribution >= 4 is 5.52 Å². The molecule has 1 N–H and O–H groups in total. The predicted molar refractivity (Wildman–Crippen MR) is 57.8 cm³/mol. The first-order valence-electron chi connectivity index (χ1n) is 5.38. The van der Waals surface area contributed by atoms with Crippen LogP contribution in [0, 0.1) is 6.92 Å². The minimum atomic E-state index is 0.0770. The molecule has 1 fully saturated rings. The van der Waals surface area contributed by atoms with Crippen LogP contribution in [0.25, 0.3) is 5.52 Å². The molecule has 0 unspecified atom stereocenters. The molecule has 2 aromatic rings. The molecule has 3 heteroatoms. The largest absolute Gasteiger partial charge is 0.392 e. The first-order chi connectivity index (χ1) is 7.29. The first kappa shape index (κ1) is 8.92. The van der Waals surface area contributed by atoms with Crippen molar-refractivity contribution in [3.8, 4) is 0 Å². The SMILES string of the molecule is Cc1c(C2CC2)nn2cc(CO)ccc12. The Labute approximate surface area is 88.4 Å². The van der Waals surface area contributed by atoms with Crippen LogP contribution in [0.2, 0.25) is 0 Å². The molecule has 0 spiro atoms. The number of nitrogens with zero attached hydrogens (tertiary/aromatic N) is 2. The van der Waals surface area contributed by atoms with Crippen LogP contribution in [0.4, 0.5) is 0 Å². The summed E-state index contributed by atoms with van der Waals surface area (Å²) in [4.78, 5) is 0. The van der Waals surface area contributed by atoms with Gasteiger partial charge in [-0.2, -0.15) is 5.10 Å². The number of hydrogen-bond donors (Lipinski definition) is 1. The fourth-order valence-electron chi connectivity index (χ4n) is 2.07. The first-order valence-corrected chi connectivity index (χ1v) is 5.38. The second-order valence-corrected chi connectivity index (χ2v) is 4.31. The van der Waals surface area contributed by atoms with Gasteiger partial charge in [-0.1, -0.05) is 6.07 Å². The van der Waals surface area contributed by atoms with E-state index in [0.717, 1.165) is 11.1 Å². The lowest BCUT2D eigenvalue weighted by Gasteiger charge is -1.97. The molecular formula is C12H14N2O. The van der Waals surface area contributed by atoms with Crippen molar-refractivity contribution in [2.45, 2.75) is 32.3 Å². The van der Waals surface area contributed by atoms with Gasteiger partial charge in [0.2, 0.25) is 0 Å². The van der Waals surface area contributed by atoms with E-state index in [4.69, 9.17) is 5.11 Å². The van der Waals surface area contributed by atoms with Crippen molar-refractivity contribution in [2.24, 2.45) is 0 Å². The number of hydrogen-bond acceptors (Lipinski definition) is 2. The Hall–Kier alpha value is -1.35. The molecule has 78 valence electrons. The monoisotopic (exact) mass is 202 g/mol. The molecule has 0 atom stereocenters. The molecule has 0 bridgehead atoms. The minimum absolute atomic E-state index is 0.0770. The Kier molecular flexibility index (Phi) is 1.83. The summed E-state index contributed by atoms with van der Waals surface area (Å²) in [7, 11) is 0. The zero-order valence-electron chi connectivity index (χ0n) is 8.77.